The summed E-state index contributed by atoms with van der Waals surface area (Å²) in [6.07, 6.45) is -4.75. The molecule has 0 aliphatic heterocycles. The monoisotopic (exact) mass is 266 g/mol. The molecule has 0 fully saturated rings. The Balaban J connectivity index is 2.74. The second-order valence-electron chi connectivity index (χ2n) is 3.17. The highest BCUT2D eigenvalue weighted by atomic mass is 35.5. The van der Waals surface area contributed by atoms with Gasteiger partial charge < -0.3 is 9.47 Å². The molecule has 0 bridgehead atoms. The fourth-order valence-corrected chi connectivity index (χ4v) is 1.07. The molecule has 0 atom stereocenters. The van der Waals surface area contributed by atoms with Gasteiger partial charge in [0.05, 0.1) is 0 Å². The van der Waals surface area contributed by atoms with Crippen molar-refractivity contribution in [2.24, 2.45) is 0 Å². The molecule has 6 heteroatoms. The highest BCUT2D eigenvalue weighted by molar-refractivity contribution is 6.19. The lowest BCUT2D eigenvalue weighted by molar-refractivity contribution is -0.275. The summed E-state index contributed by atoms with van der Waals surface area (Å²) in [5.74, 6) is -0.207. The molecule has 0 saturated carbocycles. The van der Waals surface area contributed by atoms with Gasteiger partial charge in [-0.05, 0) is 17.7 Å². The average molecular weight is 267 g/mol. The fraction of sp³-hybridized carbons (Fsp3) is 0.273. The molecular formula is C11H10ClF3O2. The van der Waals surface area contributed by atoms with Crippen LogP contribution in [-0.2, 0) is 0 Å². The van der Waals surface area contributed by atoms with E-state index in [1.807, 2.05) is 0 Å². The number of rotatable bonds is 5. The minimum atomic E-state index is -4.75. The molecule has 1 aromatic rings. The third-order valence-electron chi connectivity index (χ3n) is 1.70. The largest absolute Gasteiger partial charge is 0.573 e. The molecule has 0 aliphatic rings. The van der Waals surface area contributed by atoms with E-state index in [-0.39, 0.29) is 24.0 Å². The van der Waals surface area contributed by atoms with Crippen LogP contribution < -0.4 is 9.47 Å². The molecule has 0 saturated heterocycles. The third-order valence-corrected chi connectivity index (χ3v) is 2.07. The molecular weight excluding hydrogens is 257 g/mol. The third kappa shape index (κ3) is 4.99. The number of hydrogen-bond acceptors (Lipinski definition) is 2. The maximum atomic E-state index is 12.1. The van der Waals surface area contributed by atoms with E-state index in [4.69, 9.17) is 16.3 Å². The molecule has 0 unspecified atom stereocenters. The van der Waals surface area contributed by atoms with E-state index < -0.39 is 6.36 Å². The van der Waals surface area contributed by atoms with Gasteiger partial charge in [0.25, 0.3) is 0 Å². The molecule has 1 rings (SSSR count). The van der Waals surface area contributed by atoms with Crippen LogP contribution in [0.3, 0.4) is 0 Å². The average Bonchev–Trinajstić information content (AvgIpc) is 2.25. The standard InChI is InChI=1S/C11H10ClF3O2/c1-8(6-12)7-16-9-4-2-3-5-10(9)17-11(13,14)15/h2-5H,1,6-7H2. The molecule has 0 amide bonds. The predicted octanol–water partition coefficient (Wildman–Crippen LogP) is 3.76. The van der Waals surface area contributed by atoms with Crippen molar-refractivity contribution in [1.29, 1.82) is 0 Å². The van der Waals surface area contributed by atoms with Crippen molar-refractivity contribution in [2.75, 3.05) is 12.5 Å². The first-order valence-corrected chi connectivity index (χ1v) is 5.16. The smallest absolute Gasteiger partial charge is 0.485 e. The van der Waals surface area contributed by atoms with Gasteiger partial charge >= 0.3 is 6.36 Å². The quantitative estimate of drug-likeness (QED) is 0.597. The fourth-order valence-electron chi connectivity index (χ4n) is 0.997. The lowest BCUT2D eigenvalue weighted by Gasteiger charge is -2.14. The number of benzene rings is 1. The highest BCUT2D eigenvalue weighted by Gasteiger charge is 2.32. The number of ether oxygens (including phenoxy) is 2. The number of alkyl halides is 4. The van der Waals surface area contributed by atoms with E-state index >= 15 is 0 Å². The van der Waals surface area contributed by atoms with E-state index in [1.165, 1.54) is 18.2 Å². The SMILES string of the molecule is C=C(CCl)COc1ccccc1OC(F)(F)F. The minimum absolute atomic E-state index is 0.00362. The van der Waals surface area contributed by atoms with Gasteiger partial charge in [0.15, 0.2) is 11.5 Å². The van der Waals surface area contributed by atoms with Crippen molar-refractivity contribution in [3.63, 3.8) is 0 Å². The van der Waals surface area contributed by atoms with Crippen molar-refractivity contribution in [2.45, 2.75) is 6.36 Å². The second kappa shape index (κ2) is 5.82. The van der Waals surface area contributed by atoms with Gasteiger partial charge in [-0.3, -0.25) is 0 Å². The summed E-state index contributed by atoms with van der Waals surface area (Å²) in [5.41, 5.74) is 0.563. The Morgan fingerprint density at radius 3 is 2.35 bits per heavy atom. The first kappa shape index (κ1) is 13.7. The predicted molar refractivity (Wildman–Crippen MR) is 58.5 cm³/mol. The zero-order valence-electron chi connectivity index (χ0n) is 8.76. The minimum Gasteiger partial charge on any atom is -0.485 e. The molecule has 0 aliphatic carbocycles. The molecule has 0 spiro atoms. The summed E-state index contributed by atoms with van der Waals surface area (Å²) >= 11 is 5.47. The van der Waals surface area contributed by atoms with Crippen LogP contribution in [-0.4, -0.2) is 18.8 Å². The lowest BCUT2D eigenvalue weighted by atomic mass is 10.3. The zero-order chi connectivity index (χ0) is 12.9. The zero-order valence-corrected chi connectivity index (χ0v) is 9.52. The van der Waals surface area contributed by atoms with Crippen molar-refractivity contribution in [3.05, 3.63) is 36.4 Å². The van der Waals surface area contributed by atoms with Crippen LogP contribution >= 0.6 is 11.6 Å². The Morgan fingerprint density at radius 2 is 1.82 bits per heavy atom. The van der Waals surface area contributed by atoms with Crippen molar-refractivity contribution >= 4 is 11.6 Å². The Hall–Kier alpha value is -1.36. The first-order chi connectivity index (χ1) is 7.92. The van der Waals surface area contributed by atoms with Crippen LogP contribution in [0.25, 0.3) is 0 Å². The Morgan fingerprint density at radius 1 is 1.24 bits per heavy atom. The van der Waals surface area contributed by atoms with Gasteiger partial charge in [0.2, 0.25) is 0 Å². The van der Waals surface area contributed by atoms with Gasteiger partial charge in [-0.1, -0.05) is 18.7 Å². The van der Waals surface area contributed by atoms with Crippen LogP contribution in [0.1, 0.15) is 0 Å². The Labute approximate surface area is 102 Å². The summed E-state index contributed by atoms with van der Waals surface area (Å²) in [7, 11) is 0. The molecule has 17 heavy (non-hydrogen) atoms. The Bertz CT molecular complexity index is 391. The van der Waals surface area contributed by atoms with Crippen LogP contribution in [0, 0.1) is 0 Å². The number of hydrogen-bond donors (Lipinski definition) is 0. The highest BCUT2D eigenvalue weighted by Crippen LogP contribution is 2.31. The molecule has 2 nitrogen and oxygen atoms in total. The van der Waals surface area contributed by atoms with Gasteiger partial charge in [0, 0.05) is 5.88 Å². The first-order valence-electron chi connectivity index (χ1n) is 4.62. The summed E-state index contributed by atoms with van der Waals surface area (Å²) in [6.45, 7) is 3.62. The molecule has 1 aromatic carbocycles. The van der Waals surface area contributed by atoms with E-state index in [1.54, 1.807) is 6.07 Å². The summed E-state index contributed by atoms with van der Waals surface area (Å²) in [6, 6.07) is 5.52. The molecule has 0 heterocycles. The van der Waals surface area contributed by atoms with Gasteiger partial charge in [0.1, 0.15) is 6.61 Å². The van der Waals surface area contributed by atoms with E-state index in [2.05, 4.69) is 11.3 Å². The van der Waals surface area contributed by atoms with Crippen LogP contribution in [0.5, 0.6) is 11.5 Å². The number of para-hydroxylation sites is 2. The summed E-state index contributed by atoms with van der Waals surface area (Å²) in [4.78, 5) is 0. The number of halogens is 4. The van der Waals surface area contributed by atoms with Crippen molar-refractivity contribution < 1.29 is 22.6 Å². The maximum absolute atomic E-state index is 12.1. The van der Waals surface area contributed by atoms with Crippen molar-refractivity contribution in [3.8, 4) is 11.5 Å². The van der Waals surface area contributed by atoms with Crippen LogP contribution in [0.4, 0.5) is 13.2 Å². The van der Waals surface area contributed by atoms with Gasteiger partial charge in [-0.2, -0.15) is 0 Å². The summed E-state index contributed by atoms with van der Waals surface area (Å²) < 4.78 is 45.1. The van der Waals surface area contributed by atoms with Crippen LogP contribution in [0.15, 0.2) is 36.4 Å². The second-order valence-corrected chi connectivity index (χ2v) is 3.43. The normalized spacial score (nSPS) is 11.1. The Kier molecular flexibility index (Phi) is 4.69. The summed E-state index contributed by atoms with van der Waals surface area (Å²) in [5, 5.41) is 0. The van der Waals surface area contributed by atoms with E-state index in [9.17, 15) is 13.2 Å². The maximum Gasteiger partial charge on any atom is 0.573 e. The molecule has 0 N–H and O–H groups in total. The molecule has 94 valence electrons. The topological polar surface area (TPSA) is 18.5 Å². The van der Waals surface area contributed by atoms with E-state index in [0.29, 0.717) is 5.57 Å². The van der Waals surface area contributed by atoms with Gasteiger partial charge in [-0.25, -0.2) is 0 Å². The lowest BCUT2D eigenvalue weighted by Crippen LogP contribution is -2.18. The molecule has 0 aromatic heterocycles. The molecule has 0 radical (unpaired) electrons. The van der Waals surface area contributed by atoms with Crippen molar-refractivity contribution in [1.82, 2.24) is 0 Å². The van der Waals surface area contributed by atoms with E-state index in [0.717, 1.165) is 0 Å². The van der Waals surface area contributed by atoms with Crippen LogP contribution in [0.2, 0.25) is 0 Å². The van der Waals surface area contributed by atoms with Gasteiger partial charge in [-0.15, -0.1) is 24.8 Å².